The van der Waals surface area contributed by atoms with Crippen molar-refractivity contribution in [3.63, 3.8) is 0 Å². The Morgan fingerprint density at radius 2 is 2.03 bits per heavy atom. The van der Waals surface area contributed by atoms with Crippen molar-refractivity contribution in [1.29, 1.82) is 0 Å². The van der Waals surface area contributed by atoms with Crippen LogP contribution < -0.4 is 20.7 Å². The molecular weight excluding hydrogens is 469 g/mol. The molecule has 0 spiro atoms. The number of benzene rings is 1. The molecule has 12 heteroatoms. The number of rotatable bonds is 3. The van der Waals surface area contributed by atoms with E-state index in [0.717, 1.165) is 0 Å². The van der Waals surface area contributed by atoms with Gasteiger partial charge in [0.1, 0.15) is 23.6 Å². The van der Waals surface area contributed by atoms with E-state index >= 15 is 0 Å². The third-order valence-corrected chi connectivity index (χ3v) is 5.28. The highest BCUT2D eigenvalue weighted by Gasteiger charge is 2.21. The molecule has 0 fully saturated rings. The largest absolute Gasteiger partial charge is 0.494 e. The Bertz CT molecular complexity index is 1560. The van der Waals surface area contributed by atoms with Crippen LogP contribution in [0.25, 0.3) is 11.5 Å². The molecule has 0 radical (unpaired) electrons. The van der Waals surface area contributed by atoms with Gasteiger partial charge in [-0.1, -0.05) is 0 Å². The maximum absolute atomic E-state index is 14.4. The number of fused-ring (bicyclic) bond motifs is 6. The second-order valence-corrected chi connectivity index (χ2v) is 7.83. The SMILES string of the molecule is [2H]C([2H])([2H])NC(=O)c1nnc2cc1Nc1cc(cc(-c3nc(C)co3)c1OC)COCc1nc(ccc1F)N2. The normalized spacial score (nSPS) is 14.2. The van der Waals surface area contributed by atoms with Crippen molar-refractivity contribution in [1.82, 2.24) is 25.5 Å². The topological polar surface area (TPSA) is 136 Å². The van der Waals surface area contributed by atoms with Crippen LogP contribution in [0.15, 0.2) is 41.0 Å². The zero-order valence-electron chi connectivity index (χ0n) is 22.2. The second-order valence-electron chi connectivity index (χ2n) is 7.83. The number of methoxy groups -OCH3 is 1. The number of hydrogen-bond acceptors (Lipinski definition) is 10. The van der Waals surface area contributed by atoms with Gasteiger partial charge in [-0.25, -0.2) is 14.4 Å². The summed E-state index contributed by atoms with van der Waals surface area (Å²) in [6, 6.07) is 7.53. The maximum Gasteiger partial charge on any atom is 0.273 e. The number of ether oxygens (including phenoxy) is 2. The van der Waals surface area contributed by atoms with Crippen LogP contribution in [-0.2, 0) is 18.0 Å². The molecular formula is C24H22FN7O4. The maximum atomic E-state index is 14.4. The van der Waals surface area contributed by atoms with Crippen LogP contribution in [0.2, 0.25) is 0 Å². The van der Waals surface area contributed by atoms with Gasteiger partial charge in [-0.15, -0.1) is 10.2 Å². The fraction of sp³-hybridized carbons (Fsp3) is 0.208. The number of amides is 1. The highest BCUT2D eigenvalue weighted by molar-refractivity contribution is 5.99. The van der Waals surface area contributed by atoms with Gasteiger partial charge >= 0.3 is 0 Å². The molecule has 1 aliphatic rings. The van der Waals surface area contributed by atoms with Gasteiger partial charge in [0.15, 0.2) is 17.3 Å². The van der Waals surface area contributed by atoms with Crippen molar-refractivity contribution in [2.24, 2.45) is 0 Å². The summed E-state index contributed by atoms with van der Waals surface area (Å²) in [7, 11) is 1.45. The second kappa shape index (κ2) is 9.58. The molecule has 0 atom stereocenters. The molecule has 36 heavy (non-hydrogen) atoms. The fourth-order valence-corrected chi connectivity index (χ4v) is 3.69. The Balaban J connectivity index is 1.68. The molecule has 5 rings (SSSR count). The Morgan fingerprint density at radius 3 is 2.81 bits per heavy atom. The number of nitrogens with zero attached hydrogens (tertiary/aromatic N) is 4. The number of carbonyl (C=O) groups excluding carboxylic acids is 1. The van der Waals surface area contributed by atoms with E-state index in [0.29, 0.717) is 28.3 Å². The quantitative estimate of drug-likeness (QED) is 0.385. The van der Waals surface area contributed by atoms with Gasteiger partial charge in [-0.05, 0) is 36.8 Å². The first-order valence-electron chi connectivity index (χ1n) is 12.2. The Hall–Kier alpha value is -4.58. The number of aryl methyl sites for hydroxylation is 1. The van der Waals surface area contributed by atoms with Crippen LogP contribution in [0.5, 0.6) is 5.75 Å². The van der Waals surface area contributed by atoms with Gasteiger partial charge in [0.2, 0.25) is 5.89 Å². The van der Waals surface area contributed by atoms with Crippen molar-refractivity contribution >= 4 is 28.9 Å². The van der Waals surface area contributed by atoms with Crippen molar-refractivity contribution < 1.29 is 27.2 Å². The van der Waals surface area contributed by atoms with Crippen LogP contribution in [0.3, 0.4) is 0 Å². The zero-order valence-corrected chi connectivity index (χ0v) is 19.2. The van der Waals surface area contributed by atoms with Crippen LogP contribution in [0.1, 0.15) is 31.6 Å². The van der Waals surface area contributed by atoms with E-state index in [1.54, 1.807) is 19.1 Å². The van der Waals surface area contributed by atoms with Crippen molar-refractivity contribution in [2.45, 2.75) is 20.1 Å². The number of carbonyl (C=O) groups is 1. The van der Waals surface area contributed by atoms with E-state index < -0.39 is 18.7 Å². The van der Waals surface area contributed by atoms with E-state index in [1.807, 2.05) is 5.32 Å². The van der Waals surface area contributed by atoms with Crippen LogP contribution in [-0.4, -0.2) is 40.2 Å². The summed E-state index contributed by atoms with van der Waals surface area (Å²) in [6.45, 7) is -1.05. The molecule has 0 saturated carbocycles. The minimum absolute atomic E-state index is 0.0520. The predicted octanol–water partition coefficient (Wildman–Crippen LogP) is 3.86. The fourth-order valence-electron chi connectivity index (χ4n) is 3.69. The molecule has 11 nitrogen and oxygen atoms in total. The average Bonchev–Trinajstić information content (AvgIpc) is 3.30. The molecule has 4 heterocycles. The molecule has 184 valence electrons. The summed E-state index contributed by atoms with van der Waals surface area (Å²) in [6.07, 6.45) is 1.49. The summed E-state index contributed by atoms with van der Waals surface area (Å²) in [5, 5.41) is 15.9. The van der Waals surface area contributed by atoms with Gasteiger partial charge in [0, 0.05) is 17.2 Å². The molecule has 6 bridgehead atoms. The Labute approximate surface area is 209 Å². The van der Waals surface area contributed by atoms with Gasteiger partial charge in [-0.2, -0.15) is 0 Å². The van der Waals surface area contributed by atoms with E-state index in [2.05, 4.69) is 30.8 Å². The third kappa shape index (κ3) is 4.53. The smallest absolute Gasteiger partial charge is 0.273 e. The zero-order chi connectivity index (χ0) is 27.7. The summed E-state index contributed by atoms with van der Waals surface area (Å²) >= 11 is 0. The first-order chi connectivity index (χ1) is 18.6. The van der Waals surface area contributed by atoms with Gasteiger partial charge in [0.05, 0.1) is 43.0 Å². The molecule has 4 aromatic rings. The van der Waals surface area contributed by atoms with Gasteiger partial charge < -0.3 is 29.8 Å². The lowest BCUT2D eigenvalue weighted by molar-refractivity contribution is 0.0958. The number of hydrogen-bond donors (Lipinski definition) is 3. The summed E-state index contributed by atoms with van der Waals surface area (Å²) in [5.74, 6) is -0.550. The van der Waals surface area contributed by atoms with Crippen LogP contribution in [0.4, 0.5) is 27.4 Å². The highest BCUT2D eigenvalue weighted by atomic mass is 19.1. The number of anilines is 4. The van der Waals surface area contributed by atoms with E-state index in [1.165, 1.54) is 31.6 Å². The van der Waals surface area contributed by atoms with Crippen LogP contribution in [0, 0.1) is 12.7 Å². The number of aromatic nitrogens is 4. The summed E-state index contributed by atoms with van der Waals surface area (Å²) in [4.78, 5) is 21.5. The lowest BCUT2D eigenvalue weighted by Gasteiger charge is -2.18. The average molecular weight is 495 g/mol. The number of pyridine rings is 1. The Morgan fingerprint density at radius 1 is 1.14 bits per heavy atom. The van der Waals surface area contributed by atoms with Crippen molar-refractivity contribution in [2.75, 3.05) is 24.7 Å². The number of oxazole rings is 1. The molecule has 3 N–H and O–H groups in total. The van der Waals surface area contributed by atoms with E-state index in [9.17, 15) is 9.18 Å². The Kier molecular flexibility index (Phi) is 5.24. The minimum Gasteiger partial charge on any atom is -0.494 e. The standard InChI is InChI=1S/C24H22FN7O4/c1-12-9-36-24(27-12)14-6-13-7-17(22(14)34-3)28-16-8-20(31-32-21(16)23(33)26-2)30-19-5-4-15(25)18(29-19)11-35-10-13/h4-9,28H,10-11H2,1-3H3,(H,26,33)(H,29,30,31)/i2D3. The first-order valence-corrected chi connectivity index (χ1v) is 10.7. The van der Waals surface area contributed by atoms with Crippen molar-refractivity contribution in [3.05, 3.63) is 65.1 Å². The van der Waals surface area contributed by atoms with Crippen LogP contribution >= 0.6 is 0 Å². The molecule has 3 aromatic heterocycles. The monoisotopic (exact) mass is 494 g/mol. The number of halogens is 1. The molecule has 0 saturated heterocycles. The third-order valence-electron chi connectivity index (χ3n) is 5.28. The molecule has 0 unspecified atom stereocenters. The minimum atomic E-state index is -2.76. The predicted molar refractivity (Wildman–Crippen MR) is 128 cm³/mol. The number of nitrogens with one attached hydrogen (secondary N) is 3. The summed E-state index contributed by atoms with van der Waals surface area (Å²) < 4.78 is 53.7. The van der Waals surface area contributed by atoms with Gasteiger partial charge in [0.25, 0.3) is 5.91 Å². The first kappa shape index (κ1) is 19.7. The van der Waals surface area contributed by atoms with Crippen molar-refractivity contribution in [3.8, 4) is 17.2 Å². The molecule has 0 aliphatic carbocycles. The molecule has 1 amide bonds. The molecule has 1 aliphatic heterocycles. The molecule has 1 aromatic carbocycles. The highest BCUT2D eigenvalue weighted by Crippen LogP contribution is 2.40. The van der Waals surface area contributed by atoms with E-state index in [-0.39, 0.29) is 47.8 Å². The van der Waals surface area contributed by atoms with E-state index in [4.69, 9.17) is 18.0 Å². The summed E-state index contributed by atoms with van der Waals surface area (Å²) in [5.41, 5.74) is 1.98. The lowest BCUT2D eigenvalue weighted by Crippen LogP contribution is -2.21. The van der Waals surface area contributed by atoms with Gasteiger partial charge in [-0.3, -0.25) is 4.79 Å². The lowest BCUT2D eigenvalue weighted by atomic mass is 10.1.